The Hall–Kier alpha value is -2.03. The van der Waals surface area contributed by atoms with E-state index in [1.54, 1.807) is 13.1 Å². The SMILES string of the molecule is CC(=O)CC(C)=Nc1cccc2cccnc12. The van der Waals surface area contributed by atoms with Crippen molar-refractivity contribution in [1.29, 1.82) is 0 Å². The van der Waals surface area contributed by atoms with Crippen molar-refractivity contribution in [1.82, 2.24) is 4.98 Å². The summed E-state index contributed by atoms with van der Waals surface area (Å²) in [5.74, 6) is 0.124. The molecule has 1 aromatic carbocycles. The van der Waals surface area contributed by atoms with Gasteiger partial charge in [0.05, 0.1) is 11.2 Å². The van der Waals surface area contributed by atoms with Crippen LogP contribution < -0.4 is 0 Å². The van der Waals surface area contributed by atoms with Gasteiger partial charge >= 0.3 is 0 Å². The third-order valence-corrected chi connectivity index (χ3v) is 2.43. The molecule has 0 aliphatic heterocycles. The van der Waals surface area contributed by atoms with E-state index in [0.29, 0.717) is 6.42 Å². The zero-order valence-corrected chi connectivity index (χ0v) is 9.97. The molecule has 0 fully saturated rings. The summed E-state index contributed by atoms with van der Waals surface area (Å²) in [6, 6.07) is 9.77. The molecule has 17 heavy (non-hydrogen) atoms. The summed E-state index contributed by atoms with van der Waals surface area (Å²) in [5, 5.41) is 1.06. The Bertz CT molecular complexity index is 582. The van der Waals surface area contributed by atoms with Crippen molar-refractivity contribution < 1.29 is 4.79 Å². The van der Waals surface area contributed by atoms with E-state index < -0.39 is 0 Å². The maximum Gasteiger partial charge on any atom is 0.135 e. The van der Waals surface area contributed by atoms with Crippen LogP contribution in [-0.2, 0) is 4.79 Å². The zero-order chi connectivity index (χ0) is 12.3. The van der Waals surface area contributed by atoms with Crippen molar-refractivity contribution in [2.24, 2.45) is 4.99 Å². The van der Waals surface area contributed by atoms with Gasteiger partial charge in [0.2, 0.25) is 0 Å². The molecule has 3 heteroatoms. The quantitative estimate of drug-likeness (QED) is 0.753. The molecule has 2 aromatic rings. The highest BCUT2D eigenvalue weighted by molar-refractivity contribution is 6.02. The van der Waals surface area contributed by atoms with Crippen LogP contribution >= 0.6 is 0 Å². The summed E-state index contributed by atoms with van der Waals surface area (Å²) in [7, 11) is 0. The number of para-hydroxylation sites is 1. The maximum absolute atomic E-state index is 11.0. The fourth-order valence-corrected chi connectivity index (χ4v) is 1.78. The molecule has 0 unspecified atom stereocenters. The van der Waals surface area contributed by atoms with Crippen molar-refractivity contribution in [3.05, 3.63) is 36.5 Å². The van der Waals surface area contributed by atoms with Gasteiger partial charge < -0.3 is 0 Å². The van der Waals surface area contributed by atoms with Crippen LogP contribution in [0.5, 0.6) is 0 Å². The Morgan fingerprint density at radius 2 is 2.00 bits per heavy atom. The average molecular weight is 226 g/mol. The molecule has 1 heterocycles. The maximum atomic E-state index is 11.0. The predicted molar refractivity (Wildman–Crippen MR) is 69.8 cm³/mol. The predicted octanol–water partition coefficient (Wildman–Crippen LogP) is 3.31. The largest absolute Gasteiger partial charge is 0.300 e. The molecule has 0 N–H and O–H groups in total. The van der Waals surface area contributed by atoms with Gasteiger partial charge in [0.15, 0.2) is 0 Å². The number of nitrogens with zero attached hydrogens (tertiary/aromatic N) is 2. The number of rotatable bonds is 3. The first kappa shape index (κ1) is 11.5. The van der Waals surface area contributed by atoms with Gasteiger partial charge in [0, 0.05) is 23.7 Å². The minimum atomic E-state index is 0.124. The Kier molecular flexibility index (Phi) is 3.28. The van der Waals surface area contributed by atoms with Crippen molar-refractivity contribution in [2.45, 2.75) is 20.3 Å². The van der Waals surface area contributed by atoms with Gasteiger partial charge in [0.25, 0.3) is 0 Å². The fourth-order valence-electron chi connectivity index (χ4n) is 1.78. The van der Waals surface area contributed by atoms with E-state index in [9.17, 15) is 4.79 Å². The number of benzene rings is 1. The van der Waals surface area contributed by atoms with Crippen LogP contribution in [0.15, 0.2) is 41.5 Å². The zero-order valence-electron chi connectivity index (χ0n) is 9.97. The van der Waals surface area contributed by atoms with E-state index in [-0.39, 0.29) is 5.78 Å². The van der Waals surface area contributed by atoms with Gasteiger partial charge in [-0.3, -0.25) is 14.8 Å². The second-order valence-corrected chi connectivity index (χ2v) is 4.08. The molecule has 0 aliphatic rings. The van der Waals surface area contributed by atoms with Gasteiger partial charge in [0.1, 0.15) is 5.78 Å². The van der Waals surface area contributed by atoms with E-state index in [2.05, 4.69) is 9.98 Å². The fraction of sp³-hybridized carbons (Fsp3) is 0.214. The number of fused-ring (bicyclic) bond motifs is 1. The van der Waals surface area contributed by atoms with E-state index in [1.807, 2.05) is 37.3 Å². The Morgan fingerprint density at radius 3 is 2.76 bits per heavy atom. The number of hydrogen-bond donors (Lipinski definition) is 0. The number of pyridine rings is 1. The molecule has 86 valence electrons. The Balaban J connectivity index is 2.45. The number of carbonyl (C=O) groups excluding carboxylic acids is 1. The van der Waals surface area contributed by atoms with Gasteiger partial charge in [-0.25, -0.2) is 0 Å². The standard InChI is InChI=1S/C14H14N2O/c1-10(9-11(2)17)16-13-7-3-5-12-6-4-8-15-14(12)13/h3-8H,9H2,1-2H3. The van der Waals surface area contributed by atoms with Crippen LogP contribution in [-0.4, -0.2) is 16.5 Å². The Morgan fingerprint density at radius 1 is 1.24 bits per heavy atom. The molecule has 0 saturated carbocycles. The molecule has 0 radical (unpaired) electrons. The molecule has 1 aromatic heterocycles. The summed E-state index contributed by atoms with van der Waals surface area (Å²) in [6.07, 6.45) is 2.14. The molecule has 0 aliphatic carbocycles. The first-order valence-electron chi connectivity index (χ1n) is 5.54. The summed E-state index contributed by atoms with van der Waals surface area (Å²) in [4.78, 5) is 19.8. The molecule has 0 amide bonds. The van der Waals surface area contributed by atoms with Crippen molar-refractivity contribution >= 4 is 28.1 Å². The number of ketones is 1. The summed E-state index contributed by atoms with van der Waals surface area (Å²) < 4.78 is 0. The second-order valence-electron chi connectivity index (χ2n) is 4.08. The lowest BCUT2D eigenvalue weighted by molar-refractivity contribution is -0.115. The van der Waals surface area contributed by atoms with Gasteiger partial charge in [-0.2, -0.15) is 0 Å². The van der Waals surface area contributed by atoms with Crippen molar-refractivity contribution in [3.63, 3.8) is 0 Å². The van der Waals surface area contributed by atoms with Crippen LogP contribution in [0.2, 0.25) is 0 Å². The Labute approximate surface area is 100 Å². The smallest absolute Gasteiger partial charge is 0.135 e. The van der Waals surface area contributed by atoms with Crippen molar-refractivity contribution in [2.75, 3.05) is 0 Å². The van der Waals surface area contributed by atoms with Gasteiger partial charge in [-0.1, -0.05) is 18.2 Å². The van der Waals surface area contributed by atoms with Crippen LogP contribution in [0.1, 0.15) is 20.3 Å². The number of aromatic nitrogens is 1. The molecule has 0 atom stereocenters. The summed E-state index contributed by atoms with van der Waals surface area (Å²) >= 11 is 0. The molecule has 3 nitrogen and oxygen atoms in total. The van der Waals surface area contributed by atoms with Gasteiger partial charge in [-0.15, -0.1) is 0 Å². The summed E-state index contributed by atoms with van der Waals surface area (Å²) in [6.45, 7) is 3.43. The first-order valence-corrected chi connectivity index (χ1v) is 5.54. The lowest BCUT2D eigenvalue weighted by Crippen LogP contribution is -1.99. The average Bonchev–Trinajstić information content (AvgIpc) is 2.28. The van der Waals surface area contributed by atoms with Crippen LogP contribution in [0, 0.1) is 0 Å². The lowest BCUT2D eigenvalue weighted by Gasteiger charge is -2.02. The van der Waals surface area contributed by atoms with E-state index in [4.69, 9.17) is 0 Å². The number of hydrogen-bond acceptors (Lipinski definition) is 3. The van der Waals surface area contributed by atoms with E-state index in [0.717, 1.165) is 22.3 Å². The van der Waals surface area contributed by atoms with E-state index in [1.165, 1.54) is 0 Å². The summed E-state index contributed by atoms with van der Waals surface area (Å²) in [5.41, 5.74) is 2.51. The highest BCUT2D eigenvalue weighted by Gasteiger charge is 2.02. The minimum absolute atomic E-state index is 0.124. The van der Waals surface area contributed by atoms with Gasteiger partial charge in [-0.05, 0) is 26.0 Å². The highest BCUT2D eigenvalue weighted by Crippen LogP contribution is 2.23. The molecular weight excluding hydrogens is 212 g/mol. The van der Waals surface area contributed by atoms with Crippen LogP contribution in [0.4, 0.5) is 5.69 Å². The minimum Gasteiger partial charge on any atom is -0.300 e. The topological polar surface area (TPSA) is 42.3 Å². The molecule has 0 spiro atoms. The first-order chi connectivity index (χ1) is 8.16. The molecule has 0 saturated heterocycles. The van der Waals surface area contributed by atoms with E-state index >= 15 is 0 Å². The highest BCUT2D eigenvalue weighted by atomic mass is 16.1. The number of aliphatic imine (C=N–C) groups is 1. The number of carbonyl (C=O) groups is 1. The lowest BCUT2D eigenvalue weighted by atomic mass is 10.2. The monoisotopic (exact) mass is 226 g/mol. The third kappa shape index (κ3) is 2.75. The third-order valence-electron chi connectivity index (χ3n) is 2.43. The normalized spacial score (nSPS) is 11.8. The molecule has 0 bridgehead atoms. The second kappa shape index (κ2) is 4.87. The van der Waals surface area contributed by atoms with Crippen LogP contribution in [0.25, 0.3) is 10.9 Å². The van der Waals surface area contributed by atoms with Crippen molar-refractivity contribution in [3.8, 4) is 0 Å². The molecular formula is C14H14N2O. The number of Topliss-reactive ketones (excluding diaryl/α,β-unsaturated/α-hetero) is 1. The van der Waals surface area contributed by atoms with Crippen LogP contribution in [0.3, 0.4) is 0 Å². The molecule has 2 rings (SSSR count).